The summed E-state index contributed by atoms with van der Waals surface area (Å²) in [7, 11) is 0. The van der Waals surface area contributed by atoms with Crippen molar-refractivity contribution in [3.05, 3.63) is 42.3 Å². The fraction of sp³-hybridized carbons (Fsp3) is 0.526. The number of alkyl carbamates (subject to hydrolysis) is 1. The summed E-state index contributed by atoms with van der Waals surface area (Å²) >= 11 is 0. The van der Waals surface area contributed by atoms with Gasteiger partial charge >= 0.3 is 6.09 Å². The molecule has 1 amide bonds. The van der Waals surface area contributed by atoms with Crippen molar-refractivity contribution in [3.63, 3.8) is 0 Å². The summed E-state index contributed by atoms with van der Waals surface area (Å²) in [6.45, 7) is 1.09. The highest BCUT2D eigenvalue weighted by Gasteiger charge is 2.44. The van der Waals surface area contributed by atoms with E-state index in [4.69, 9.17) is 4.74 Å². The third-order valence-electron chi connectivity index (χ3n) is 4.95. The second kappa shape index (κ2) is 7.79. The fourth-order valence-electron chi connectivity index (χ4n) is 3.60. The lowest BCUT2D eigenvalue weighted by Gasteiger charge is -2.37. The molecular formula is C19H25N2O3. The van der Waals surface area contributed by atoms with E-state index in [9.17, 15) is 9.59 Å². The Morgan fingerprint density at radius 2 is 1.96 bits per heavy atom. The Hall–Kier alpha value is -1.88. The van der Waals surface area contributed by atoms with Crippen molar-refractivity contribution in [3.8, 4) is 0 Å². The van der Waals surface area contributed by atoms with Crippen LogP contribution in [0.25, 0.3) is 0 Å². The lowest BCUT2D eigenvalue weighted by Crippen LogP contribution is -2.60. The predicted molar refractivity (Wildman–Crippen MR) is 91.3 cm³/mol. The molecule has 1 radical (unpaired) electrons. The van der Waals surface area contributed by atoms with Crippen molar-refractivity contribution in [2.45, 2.75) is 56.7 Å². The van der Waals surface area contributed by atoms with Gasteiger partial charge in [0.25, 0.3) is 0 Å². The van der Waals surface area contributed by atoms with Crippen LogP contribution in [0, 0.1) is 6.42 Å². The van der Waals surface area contributed by atoms with E-state index in [0.717, 1.165) is 37.8 Å². The third-order valence-corrected chi connectivity index (χ3v) is 4.95. The van der Waals surface area contributed by atoms with E-state index in [1.54, 1.807) is 0 Å². The average Bonchev–Trinajstić information content (AvgIpc) is 3.15. The van der Waals surface area contributed by atoms with Crippen LogP contribution >= 0.6 is 0 Å². The molecule has 0 unspecified atom stereocenters. The van der Waals surface area contributed by atoms with Gasteiger partial charge in [0.1, 0.15) is 12.1 Å². The molecule has 24 heavy (non-hydrogen) atoms. The number of rotatable bonds is 5. The van der Waals surface area contributed by atoms with Crippen LogP contribution in [-0.2, 0) is 16.1 Å². The zero-order chi connectivity index (χ0) is 16.8. The maximum absolute atomic E-state index is 13.0. The second-order valence-electron chi connectivity index (χ2n) is 6.65. The van der Waals surface area contributed by atoms with Crippen molar-refractivity contribution in [1.82, 2.24) is 10.6 Å². The first-order valence-electron chi connectivity index (χ1n) is 8.78. The molecule has 3 rings (SSSR count). The van der Waals surface area contributed by atoms with Crippen LogP contribution in [0.3, 0.4) is 0 Å². The van der Waals surface area contributed by atoms with Crippen LogP contribution in [-0.4, -0.2) is 30.0 Å². The Labute approximate surface area is 143 Å². The van der Waals surface area contributed by atoms with E-state index in [0.29, 0.717) is 12.8 Å². The van der Waals surface area contributed by atoms with Crippen molar-refractivity contribution < 1.29 is 14.3 Å². The van der Waals surface area contributed by atoms with Crippen molar-refractivity contribution in [2.75, 3.05) is 6.54 Å². The summed E-state index contributed by atoms with van der Waals surface area (Å²) in [5.41, 5.74) is 0.146. The van der Waals surface area contributed by atoms with Gasteiger partial charge in [-0.1, -0.05) is 30.3 Å². The first-order valence-corrected chi connectivity index (χ1v) is 8.78. The molecule has 1 saturated heterocycles. The molecule has 1 heterocycles. The molecular weight excluding hydrogens is 304 g/mol. The molecule has 0 aromatic heterocycles. The molecule has 2 aliphatic rings. The topological polar surface area (TPSA) is 67.4 Å². The van der Waals surface area contributed by atoms with Crippen LogP contribution in [0.5, 0.6) is 0 Å². The number of benzene rings is 1. The Kier molecular flexibility index (Phi) is 5.51. The van der Waals surface area contributed by atoms with E-state index < -0.39 is 11.6 Å². The minimum absolute atomic E-state index is 0.116. The molecule has 5 nitrogen and oxygen atoms in total. The molecule has 1 aromatic carbocycles. The summed E-state index contributed by atoms with van der Waals surface area (Å²) in [5, 5.41) is 6.17. The zero-order valence-corrected chi connectivity index (χ0v) is 13.9. The van der Waals surface area contributed by atoms with Crippen LogP contribution in [0.15, 0.2) is 30.3 Å². The molecule has 0 spiro atoms. The first kappa shape index (κ1) is 17.0. The van der Waals surface area contributed by atoms with Crippen LogP contribution < -0.4 is 10.6 Å². The molecule has 1 atom stereocenters. The van der Waals surface area contributed by atoms with Crippen molar-refractivity contribution >= 4 is 11.9 Å². The lowest BCUT2D eigenvalue weighted by atomic mass is 9.76. The molecule has 5 heteroatoms. The van der Waals surface area contributed by atoms with Gasteiger partial charge in [-0.3, -0.25) is 4.79 Å². The Balaban J connectivity index is 1.63. The fourth-order valence-corrected chi connectivity index (χ4v) is 3.60. The number of amides is 1. The normalized spacial score (nSPS) is 22.8. The molecule has 0 bridgehead atoms. The molecule has 2 fully saturated rings. The van der Waals surface area contributed by atoms with Crippen LogP contribution in [0.2, 0.25) is 0 Å². The SMILES string of the molecule is O=C(NC1(C(=O)[C@@H]2CCCN2)CC[CH]CC1)OCc1ccccc1. The summed E-state index contributed by atoms with van der Waals surface area (Å²) in [6.07, 6.45) is 6.54. The summed E-state index contributed by atoms with van der Waals surface area (Å²) in [4.78, 5) is 25.3. The molecule has 1 saturated carbocycles. The monoisotopic (exact) mass is 329 g/mol. The van der Waals surface area contributed by atoms with E-state index >= 15 is 0 Å². The number of Topliss-reactive ketones (excluding diaryl/α,β-unsaturated/α-hetero) is 1. The third kappa shape index (κ3) is 3.96. The predicted octanol–water partition coefficient (Wildman–Crippen LogP) is 2.75. The number of ketones is 1. The first-order chi connectivity index (χ1) is 11.7. The lowest BCUT2D eigenvalue weighted by molar-refractivity contribution is -0.128. The Morgan fingerprint density at radius 1 is 1.21 bits per heavy atom. The van der Waals surface area contributed by atoms with Crippen LogP contribution in [0.1, 0.15) is 44.1 Å². The number of nitrogens with one attached hydrogen (secondary N) is 2. The smallest absolute Gasteiger partial charge is 0.408 e. The van der Waals surface area contributed by atoms with E-state index in [-0.39, 0.29) is 18.4 Å². The molecule has 129 valence electrons. The molecule has 1 aliphatic heterocycles. The van der Waals surface area contributed by atoms with Crippen LogP contribution in [0.4, 0.5) is 4.79 Å². The van der Waals surface area contributed by atoms with Gasteiger partial charge < -0.3 is 15.4 Å². The van der Waals surface area contributed by atoms with Gasteiger partial charge in [-0.05, 0) is 57.1 Å². The highest BCUT2D eigenvalue weighted by Crippen LogP contribution is 2.31. The second-order valence-corrected chi connectivity index (χ2v) is 6.65. The van der Waals surface area contributed by atoms with Crippen molar-refractivity contribution in [2.24, 2.45) is 0 Å². The Morgan fingerprint density at radius 3 is 2.62 bits per heavy atom. The summed E-state index contributed by atoms with van der Waals surface area (Å²) < 4.78 is 5.34. The largest absolute Gasteiger partial charge is 0.445 e. The van der Waals surface area contributed by atoms with Gasteiger partial charge in [0.15, 0.2) is 5.78 Å². The highest BCUT2D eigenvalue weighted by molar-refractivity contribution is 5.96. The van der Waals surface area contributed by atoms with Gasteiger partial charge in [0.2, 0.25) is 0 Å². The number of carbonyl (C=O) groups is 2. The van der Waals surface area contributed by atoms with E-state index in [1.165, 1.54) is 0 Å². The van der Waals surface area contributed by atoms with Gasteiger partial charge in [0.05, 0.1) is 6.04 Å². The van der Waals surface area contributed by atoms with Gasteiger partial charge in [-0.25, -0.2) is 4.79 Å². The molecule has 2 N–H and O–H groups in total. The van der Waals surface area contributed by atoms with E-state index in [1.807, 2.05) is 30.3 Å². The quantitative estimate of drug-likeness (QED) is 0.872. The highest BCUT2D eigenvalue weighted by atomic mass is 16.5. The number of hydrogen-bond donors (Lipinski definition) is 2. The van der Waals surface area contributed by atoms with Crippen molar-refractivity contribution in [1.29, 1.82) is 0 Å². The number of ether oxygens (including phenoxy) is 1. The zero-order valence-electron chi connectivity index (χ0n) is 13.9. The van der Waals surface area contributed by atoms with E-state index in [2.05, 4.69) is 17.1 Å². The number of carbonyl (C=O) groups excluding carboxylic acids is 2. The average molecular weight is 329 g/mol. The maximum atomic E-state index is 13.0. The minimum Gasteiger partial charge on any atom is -0.445 e. The van der Waals surface area contributed by atoms with Gasteiger partial charge in [0, 0.05) is 0 Å². The Bertz CT molecular complexity index is 561. The summed E-state index contributed by atoms with van der Waals surface area (Å²) in [5.74, 6) is 0.116. The number of hydrogen-bond acceptors (Lipinski definition) is 4. The van der Waals surface area contributed by atoms with Gasteiger partial charge in [-0.15, -0.1) is 0 Å². The summed E-state index contributed by atoms with van der Waals surface area (Å²) in [6, 6.07) is 9.41. The maximum Gasteiger partial charge on any atom is 0.408 e. The van der Waals surface area contributed by atoms with Gasteiger partial charge in [-0.2, -0.15) is 0 Å². The molecule has 1 aromatic rings. The minimum atomic E-state index is -0.787. The molecule has 1 aliphatic carbocycles. The standard InChI is InChI=1S/C19H25N2O3/c22-17(16-10-7-13-20-16)19(11-5-2-6-12-19)21-18(23)24-14-15-8-3-1-4-9-15/h1-4,8-9,16,20H,5-7,10-14H2,(H,21,23)/t16-/m0/s1.